The first-order valence-electron chi connectivity index (χ1n) is 6.72. The average Bonchev–Trinajstić information content (AvgIpc) is 2.36. The van der Waals surface area contributed by atoms with Gasteiger partial charge in [0, 0.05) is 13.0 Å². The third-order valence-corrected chi connectivity index (χ3v) is 3.02. The molecule has 19 heavy (non-hydrogen) atoms. The van der Waals surface area contributed by atoms with Crippen LogP contribution in [-0.4, -0.2) is 12.5 Å². The summed E-state index contributed by atoms with van der Waals surface area (Å²) in [4.78, 5) is 11.8. The topological polar surface area (TPSA) is 55.1 Å². The summed E-state index contributed by atoms with van der Waals surface area (Å²) in [6, 6.07) is 6.13. The van der Waals surface area contributed by atoms with Crippen LogP contribution >= 0.6 is 0 Å². The fourth-order valence-corrected chi connectivity index (χ4v) is 2.07. The van der Waals surface area contributed by atoms with Crippen LogP contribution in [0.15, 0.2) is 24.3 Å². The Balaban J connectivity index is 2.36. The molecule has 1 aromatic carbocycles. The highest BCUT2D eigenvalue weighted by atomic mass is 19.1. The Labute approximate surface area is 114 Å². The monoisotopic (exact) mass is 266 g/mol. The average molecular weight is 266 g/mol. The normalized spacial score (nSPS) is 12.5. The van der Waals surface area contributed by atoms with Crippen LogP contribution in [0.5, 0.6) is 0 Å². The van der Waals surface area contributed by atoms with E-state index < -0.39 is 0 Å². The number of halogens is 1. The molecule has 3 N–H and O–H groups in total. The molecule has 0 aliphatic heterocycles. The van der Waals surface area contributed by atoms with E-state index in [-0.39, 0.29) is 17.6 Å². The molecule has 0 radical (unpaired) electrons. The largest absolute Gasteiger partial charge is 0.352 e. The van der Waals surface area contributed by atoms with Crippen LogP contribution in [0.1, 0.15) is 32.3 Å². The Bertz CT molecular complexity index is 390. The highest BCUT2D eigenvalue weighted by molar-refractivity contribution is 5.76. The Morgan fingerprint density at radius 3 is 2.47 bits per heavy atom. The van der Waals surface area contributed by atoms with Gasteiger partial charge in [-0.05, 0) is 42.5 Å². The van der Waals surface area contributed by atoms with E-state index in [1.807, 2.05) is 0 Å². The number of nitrogens with one attached hydrogen (secondary N) is 1. The Kier molecular flexibility index (Phi) is 6.50. The lowest BCUT2D eigenvalue weighted by Crippen LogP contribution is -2.28. The SMILES string of the molecule is CC(C)C[C@H](CN)CC(=O)NCc1ccc(F)cc1. The summed E-state index contributed by atoms with van der Waals surface area (Å²) in [6.07, 6.45) is 1.41. The van der Waals surface area contributed by atoms with E-state index in [9.17, 15) is 9.18 Å². The van der Waals surface area contributed by atoms with Crippen molar-refractivity contribution in [3.63, 3.8) is 0 Å². The first-order valence-corrected chi connectivity index (χ1v) is 6.72. The number of nitrogens with two attached hydrogens (primary N) is 1. The fourth-order valence-electron chi connectivity index (χ4n) is 2.07. The zero-order valence-corrected chi connectivity index (χ0v) is 11.7. The van der Waals surface area contributed by atoms with E-state index in [1.54, 1.807) is 12.1 Å². The molecule has 1 aromatic rings. The van der Waals surface area contributed by atoms with Gasteiger partial charge in [0.15, 0.2) is 0 Å². The molecule has 0 aliphatic carbocycles. The van der Waals surface area contributed by atoms with Gasteiger partial charge >= 0.3 is 0 Å². The van der Waals surface area contributed by atoms with Gasteiger partial charge in [-0.2, -0.15) is 0 Å². The molecular weight excluding hydrogens is 243 g/mol. The molecule has 1 rings (SSSR count). The molecule has 1 atom stereocenters. The molecule has 4 heteroatoms. The van der Waals surface area contributed by atoms with Crippen LogP contribution in [0, 0.1) is 17.7 Å². The van der Waals surface area contributed by atoms with Crippen molar-refractivity contribution in [2.75, 3.05) is 6.54 Å². The van der Waals surface area contributed by atoms with Crippen LogP contribution in [0.25, 0.3) is 0 Å². The summed E-state index contributed by atoms with van der Waals surface area (Å²) in [5.41, 5.74) is 6.56. The zero-order chi connectivity index (χ0) is 14.3. The van der Waals surface area contributed by atoms with Gasteiger partial charge in [0.05, 0.1) is 0 Å². The molecule has 0 bridgehead atoms. The van der Waals surface area contributed by atoms with E-state index in [0.29, 0.717) is 25.4 Å². The first-order chi connectivity index (χ1) is 9.01. The summed E-state index contributed by atoms with van der Waals surface area (Å²) >= 11 is 0. The van der Waals surface area contributed by atoms with Crippen LogP contribution < -0.4 is 11.1 Å². The summed E-state index contributed by atoms with van der Waals surface area (Å²) in [5, 5.41) is 2.84. The van der Waals surface area contributed by atoms with Gasteiger partial charge in [0.25, 0.3) is 0 Å². The van der Waals surface area contributed by atoms with Gasteiger partial charge in [-0.15, -0.1) is 0 Å². The number of benzene rings is 1. The van der Waals surface area contributed by atoms with Crippen molar-refractivity contribution in [3.05, 3.63) is 35.6 Å². The van der Waals surface area contributed by atoms with E-state index in [2.05, 4.69) is 19.2 Å². The molecule has 0 spiro atoms. The zero-order valence-electron chi connectivity index (χ0n) is 11.7. The van der Waals surface area contributed by atoms with Crippen LogP contribution in [0.2, 0.25) is 0 Å². The van der Waals surface area contributed by atoms with Crippen molar-refractivity contribution in [1.29, 1.82) is 0 Å². The van der Waals surface area contributed by atoms with Crippen molar-refractivity contribution in [3.8, 4) is 0 Å². The van der Waals surface area contributed by atoms with Crippen molar-refractivity contribution in [2.24, 2.45) is 17.6 Å². The van der Waals surface area contributed by atoms with Gasteiger partial charge < -0.3 is 11.1 Å². The lowest BCUT2D eigenvalue weighted by atomic mass is 9.94. The molecule has 0 fully saturated rings. The Morgan fingerprint density at radius 2 is 1.95 bits per heavy atom. The van der Waals surface area contributed by atoms with Crippen molar-refractivity contribution in [1.82, 2.24) is 5.32 Å². The third kappa shape index (κ3) is 6.34. The number of rotatable bonds is 7. The van der Waals surface area contributed by atoms with Crippen molar-refractivity contribution >= 4 is 5.91 Å². The molecule has 0 aromatic heterocycles. The van der Waals surface area contributed by atoms with Crippen LogP contribution in [0.4, 0.5) is 4.39 Å². The highest BCUT2D eigenvalue weighted by Gasteiger charge is 2.13. The Morgan fingerprint density at radius 1 is 1.32 bits per heavy atom. The van der Waals surface area contributed by atoms with Crippen LogP contribution in [0.3, 0.4) is 0 Å². The second kappa shape index (κ2) is 7.89. The molecule has 1 amide bonds. The molecule has 3 nitrogen and oxygen atoms in total. The molecule has 0 saturated carbocycles. The molecule has 106 valence electrons. The van der Waals surface area contributed by atoms with Crippen molar-refractivity contribution in [2.45, 2.75) is 33.2 Å². The van der Waals surface area contributed by atoms with Gasteiger partial charge in [-0.25, -0.2) is 4.39 Å². The number of amides is 1. The Hall–Kier alpha value is -1.42. The number of carbonyl (C=O) groups is 1. The fraction of sp³-hybridized carbons (Fsp3) is 0.533. The lowest BCUT2D eigenvalue weighted by molar-refractivity contribution is -0.122. The highest BCUT2D eigenvalue weighted by Crippen LogP contribution is 2.14. The summed E-state index contributed by atoms with van der Waals surface area (Å²) in [6.45, 7) is 5.21. The minimum atomic E-state index is -0.268. The molecular formula is C15H23FN2O. The molecule has 0 aliphatic rings. The van der Waals surface area contributed by atoms with Gasteiger partial charge in [0.1, 0.15) is 5.82 Å². The standard InChI is InChI=1S/C15H23FN2O/c1-11(2)7-13(9-17)8-15(19)18-10-12-3-5-14(16)6-4-12/h3-6,11,13H,7-10,17H2,1-2H3,(H,18,19)/t13-/m0/s1. The van der Waals surface area contributed by atoms with E-state index >= 15 is 0 Å². The van der Waals surface area contributed by atoms with Crippen LogP contribution in [-0.2, 0) is 11.3 Å². The first kappa shape index (κ1) is 15.6. The minimum absolute atomic E-state index is 0.000394. The smallest absolute Gasteiger partial charge is 0.220 e. The van der Waals surface area contributed by atoms with Gasteiger partial charge in [-0.1, -0.05) is 26.0 Å². The number of carbonyl (C=O) groups excluding carboxylic acids is 1. The van der Waals surface area contributed by atoms with E-state index in [0.717, 1.165) is 12.0 Å². The summed E-state index contributed by atoms with van der Waals surface area (Å²) < 4.78 is 12.7. The minimum Gasteiger partial charge on any atom is -0.352 e. The lowest BCUT2D eigenvalue weighted by Gasteiger charge is -2.16. The maximum atomic E-state index is 12.7. The van der Waals surface area contributed by atoms with Crippen molar-refractivity contribution < 1.29 is 9.18 Å². The number of hydrogen-bond donors (Lipinski definition) is 2. The maximum Gasteiger partial charge on any atom is 0.220 e. The van der Waals surface area contributed by atoms with Gasteiger partial charge in [-0.3, -0.25) is 4.79 Å². The summed E-state index contributed by atoms with van der Waals surface area (Å²) in [5.74, 6) is 0.502. The van der Waals surface area contributed by atoms with E-state index in [4.69, 9.17) is 5.73 Å². The molecule has 0 heterocycles. The van der Waals surface area contributed by atoms with Gasteiger partial charge in [0.2, 0.25) is 5.91 Å². The quantitative estimate of drug-likeness (QED) is 0.796. The molecule has 0 unspecified atom stereocenters. The maximum absolute atomic E-state index is 12.7. The second-order valence-corrected chi connectivity index (χ2v) is 5.34. The summed E-state index contributed by atoms with van der Waals surface area (Å²) in [7, 11) is 0. The predicted octanol–water partition coefficient (Wildman–Crippen LogP) is 2.45. The third-order valence-electron chi connectivity index (χ3n) is 3.02. The van der Waals surface area contributed by atoms with E-state index in [1.165, 1.54) is 12.1 Å². The second-order valence-electron chi connectivity index (χ2n) is 5.34. The molecule has 0 saturated heterocycles. The predicted molar refractivity (Wildman–Crippen MR) is 74.9 cm³/mol. The number of hydrogen-bond acceptors (Lipinski definition) is 2.